The second-order valence-electron chi connectivity index (χ2n) is 12.2. The highest BCUT2D eigenvalue weighted by Crippen LogP contribution is 2.40. The number of hydrogen-bond acceptors (Lipinski definition) is 2. The topological polar surface area (TPSA) is 3.24 Å². The van der Waals surface area contributed by atoms with Crippen molar-refractivity contribution in [1.82, 2.24) is 0 Å². The van der Waals surface area contributed by atoms with Crippen LogP contribution in [-0.2, 0) is 0 Å². The molecule has 0 fully saturated rings. The van der Waals surface area contributed by atoms with Gasteiger partial charge in [0, 0.05) is 37.2 Å². The number of fused-ring (bicyclic) bond motifs is 4. The molecule has 226 valence electrons. The van der Waals surface area contributed by atoms with Gasteiger partial charge in [-0.25, -0.2) is 0 Å². The van der Waals surface area contributed by atoms with Gasteiger partial charge in [-0.2, -0.15) is 0 Å². The minimum Gasteiger partial charge on any atom is -0.310 e. The van der Waals surface area contributed by atoms with Crippen LogP contribution in [0.25, 0.3) is 64.3 Å². The molecule has 48 heavy (non-hydrogen) atoms. The molecule has 0 saturated heterocycles. The van der Waals surface area contributed by atoms with E-state index in [1.165, 1.54) is 64.3 Å². The van der Waals surface area contributed by atoms with Gasteiger partial charge in [0.1, 0.15) is 0 Å². The van der Waals surface area contributed by atoms with Crippen LogP contribution in [0.5, 0.6) is 0 Å². The van der Waals surface area contributed by atoms with Crippen LogP contribution >= 0.6 is 11.3 Å². The van der Waals surface area contributed by atoms with E-state index in [1.807, 2.05) is 11.3 Å². The average molecular weight is 630 g/mol. The standard InChI is InChI=1S/C46H31NS/c1-2-10-32(11-3-1)36-14-8-16-41(29-36)47(42-17-9-15-37(30-42)38-21-20-33-12-4-5-13-35(33)28-38)40-25-22-34(23-26-40)39-24-27-44-43-18-6-7-19-45(43)48-46(44)31-39/h1-31H. The zero-order chi connectivity index (χ0) is 31.9. The summed E-state index contributed by atoms with van der Waals surface area (Å²) in [7, 11) is 0. The Labute approximate surface area is 284 Å². The number of anilines is 3. The van der Waals surface area contributed by atoms with E-state index < -0.39 is 0 Å². The first-order valence-electron chi connectivity index (χ1n) is 16.3. The lowest BCUT2D eigenvalue weighted by molar-refractivity contribution is 1.28. The predicted octanol–water partition coefficient (Wildman–Crippen LogP) is 13.7. The molecule has 1 aromatic heterocycles. The van der Waals surface area contributed by atoms with Crippen LogP contribution in [0.4, 0.5) is 17.1 Å². The third-order valence-electron chi connectivity index (χ3n) is 9.24. The summed E-state index contributed by atoms with van der Waals surface area (Å²) in [6, 6.07) is 68.2. The molecule has 1 nitrogen and oxygen atoms in total. The summed E-state index contributed by atoms with van der Waals surface area (Å²) in [5, 5.41) is 5.16. The first kappa shape index (κ1) is 28.3. The summed E-state index contributed by atoms with van der Waals surface area (Å²) in [4.78, 5) is 2.37. The van der Waals surface area contributed by atoms with E-state index in [0.717, 1.165) is 17.1 Å². The zero-order valence-electron chi connectivity index (χ0n) is 26.3. The van der Waals surface area contributed by atoms with Gasteiger partial charge in [0.2, 0.25) is 0 Å². The molecule has 0 bridgehead atoms. The van der Waals surface area contributed by atoms with Crippen LogP contribution in [0.2, 0.25) is 0 Å². The summed E-state index contributed by atoms with van der Waals surface area (Å²) >= 11 is 1.86. The van der Waals surface area contributed by atoms with Crippen molar-refractivity contribution < 1.29 is 0 Å². The van der Waals surface area contributed by atoms with Crippen molar-refractivity contribution in [2.45, 2.75) is 0 Å². The van der Waals surface area contributed by atoms with Gasteiger partial charge >= 0.3 is 0 Å². The maximum Gasteiger partial charge on any atom is 0.0467 e. The molecule has 2 heteroatoms. The fourth-order valence-electron chi connectivity index (χ4n) is 6.80. The summed E-state index contributed by atoms with van der Waals surface area (Å²) in [5.74, 6) is 0. The normalized spacial score (nSPS) is 11.3. The monoisotopic (exact) mass is 629 g/mol. The molecule has 0 saturated carbocycles. The van der Waals surface area contributed by atoms with E-state index in [9.17, 15) is 0 Å². The SMILES string of the molecule is c1ccc(-c2cccc(N(c3ccc(-c4ccc5c(c4)sc4ccccc45)cc3)c3cccc(-c4ccc5ccccc5c4)c3)c2)cc1. The van der Waals surface area contributed by atoms with Crippen molar-refractivity contribution in [3.8, 4) is 33.4 Å². The van der Waals surface area contributed by atoms with Gasteiger partial charge in [0.05, 0.1) is 0 Å². The largest absolute Gasteiger partial charge is 0.310 e. The molecule has 8 aromatic carbocycles. The summed E-state index contributed by atoms with van der Waals surface area (Å²) in [6.45, 7) is 0. The molecule has 0 unspecified atom stereocenters. The summed E-state index contributed by atoms with van der Waals surface area (Å²) in [6.07, 6.45) is 0. The highest BCUT2D eigenvalue weighted by molar-refractivity contribution is 7.25. The van der Waals surface area contributed by atoms with Gasteiger partial charge in [-0.3, -0.25) is 0 Å². The number of rotatable bonds is 6. The molecule has 0 radical (unpaired) electrons. The molecule has 9 aromatic rings. The molecule has 0 aliphatic rings. The number of nitrogens with zero attached hydrogens (tertiary/aromatic N) is 1. The lowest BCUT2D eigenvalue weighted by Gasteiger charge is -2.27. The maximum absolute atomic E-state index is 2.37. The minimum absolute atomic E-state index is 1.11. The molecule has 0 atom stereocenters. The van der Waals surface area contributed by atoms with E-state index in [-0.39, 0.29) is 0 Å². The molecule has 0 amide bonds. The third-order valence-corrected chi connectivity index (χ3v) is 10.4. The second kappa shape index (κ2) is 12.0. The van der Waals surface area contributed by atoms with E-state index in [0.29, 0.717) is 0 Å². The average Bonchev–Trinajstić information content (AvgIpc) is 3.54. The molecular formula is C46H31NS. The summed E-state index contributed by atoms with van der Waals surface area (Å²) in [5.41, 5.74) is 10.6. The molecule has 0 spiro atoms. The van der Waals surface area contributed by atoms with E-state index >= 15 is 0 Å². The van der Waals surface area contributed by atoms with Crippen molar-refractivity contribution in [2.75, 3.05) is 4.90 Å². The van der Waals surface area contributed by atoms with Crippen molar-refractivity contribution in [2.24, 2.45) is 0 Å². The van der Waals surface area contributed by atoms with Crippen LogP contribution < -0.4 is 4.90 Å². The Balaban J connectivity index is 1.14. The number of benzene rings is 8. The second-order valence-corrected chi connectivity index (χ2v) is 13.3. The fraction of sp³-hybridized carbons (Fsp3) is 0. The van der Waals surface area contributed by atoms with Gasteiger partial charge in [0.25, 0.3) is 0 Å². The lowest BCUT2D eigenvalue weighted by atomic mass is 10.00. The Morgan fingerprint density at radius 3 is 1.62 bits per heavy atom. The Hall–Kier alpha value is -5.96. The van der Waals surface area contributed by atoms with Gasteiger partial charge in [-0.15, -0.1) is 11.3 Å². The smallest absolute Gasteiger partial charge is 0.0467 e. The molecule has 0 N–H and O–H groups in total. The highest BCUT2D eigenvalue weighted by Gasteiger charge is 2.15. The van der Waals surface area contributed by atoms with Gasteiger partial charge in [0.15, 0.2) is 0 Å². The van der Waals surface area contributed by atoms with Gasteiger partial charge in [-0.05, 0) is 98.8 Å². The predicted molar refractivity (Wildman–Crippen MR) is 208 cm³/mol. The number of thiophene rings is 1. The van der Waals surface area contributed by atoms with Crippen LogP contribution in [-0.4, -0.2) is 0 Å². The Morgan fingerprint density at radius 1 is 0.292 bits per heavy atom. The fourth-order valence-corrected chi connectivity index (χ4v) is 7.95. The third kappa shape index (κ3) is 5.23. The Kier molecular flexibility index (Phi) is 7.07. The van der Waals surface area contributed by atoms with Crippen LogP contribution in [0, 0.1) is 0 Å². The highest BCUT2D eigenvalue weighted by atomic mass is 32.1. The van der Waals surface area contributed by atoms with Crippen molar-refractivity contribution in [3.63, 3.8) is 0 Å². The minimum atomic E-state index is 1.11. The van der Waals surface area contributed by atoms with Gasteiger partial charge < -0.3 is 4.90 Å². The Morgan fingerprint density at radius 2 is 0.833 bits per heavy atom. The van der Waals surface area contributed by atoms with Crippen molar-refractivity contribution in [3.05, 3.63) is 188 Å². The molecular weight excluding hydrogens is 599 g/mol. The molecule has 0 aliphatic heterocycles. The van der Waals surface area contributed by atoms with Crippen LogP contribution in [0.15, 0.2) is 188 Å². The summed E-state index contributed by atoms with van der Waals surface area (Å²) < 4.78 is 2.65. The molecule has 0 aliphatic carbocycles. The van der Waals surface area contributed by atoms with Crippen LogP contribution in [0.1, 0.15) is 0 Å². The first-order valence-corrected chi connectivity index (χ1v) is 17.2. The molecule has 9 rings (SSSR count). The Bertz CT molecular complexity index is 2560. The zero-order valence-corrected chi connectivity index (χ0v) is 27.1. The quantitative estimate of drug-likeness (QED) is 0.177. The van der Waals surface area contributed by atoms with E-state index in [1.54, 1.807) is 0 Å². The van der Waals surface area contributed by atoms with Gasteiger partial charge in [-0.1, -0.05) is 133 Å². The molecule has 1 heterocycles. The van der Waals surface area contributed by atoms with Crippen molar-refractivity contribution in [1.29, 1.82) is 0 Å². The van der Waals surface area contributed by atoms with E-state index in [4.69, 9.17) is 0 Å². The van der Waals surface area contributed by atoms with Crippen molar-refractivity contribution >= 4 is 59.3 Å². The number of hydrogen-bond donors (Lipinski definition) is 0. The van der Waals surface area contributed by atoms with E-state index in [2.05, 4.69) is 193 Å². The lowest BCUT2D eigenvalue weighted by Crippen LogP contribution is -2.10. The first-order chi connectivity index (χ1) is 23.8. The maximum atomic E-state index is 2.37. The van der Waals surface area contributed by atoms with Crippen LogP contribution in [0.3, 0.4) is 0 Å².